The molecule has 0 aliphatic carbocycles. The Labute approximate surface area is 72.2 Å². The molecule has 4 nitrogen and oxygen atoms in total. The molecule has 2 fully saturated rings. The Bertz CT molecular complexity index is 195. The van der Waals surface area contributed by atoms with Gasteiger partial charge < -0.3 is 15.4 Å². The maximum atomic E-state index is 7.30. The Balaban J connectivity index is 1.96. The van der Waals surface area contributed by atoms with E-state index in [9.17, 15) is 0 Å². The van der Waals surface area contributed by atoms with Gasteiger partial charge in [-0.05, 0) is 12.3 Å². The standard InChI is InChI=1S/C8H15N3O/c9-8(10)11-2-1-6-4-12-5-7(6)3-11/h6-7H,1-5H2,(H3,9,10)/t6-,7+/m0/s1. The number of ether oxygens (including phenoxy) is 1. The number of hydrogen-bond acceptors (Lipinski definition) is 2. The molecule has 2 aliphatic heterocycles. The Kier molecular flexibility index (Phi) is 1.92. The average Bonchev–Trinajstić information content (AvgIpc) is 2.49. The first-order chi connectivity index (χ1) is 5.77. The Morgan fingerprint density at radius 1 is 1.42 bits per heavy atom. The molecule has 0 aromatic rings. The monoisotopic (exact) mass is 169 g/mol. The molecule has 2 aliphatic rings. The highest BCUT2D eigenvalue weighted by atomic mass is 16.5. The van der Waals surface area contributed by atoms with Crippen molar-refractivity contribution in [3.8, 4) is 0 Å². The van der Waals surface area contributed by atoms with Gasteiger partial charge >= 0.3 is 0 Å². The van der Waals surface area contributed by atoms with Crippen molar-refractivity contribution >= 4 is 5.96 Å². The van der Waals surface area contributed by atoms with Crippen LogP contribution < -0.4 is 5.73 Å². The van der Waals surface area contributed by atoms with Crippen molar-refractivity contribution in [3.63, 3.8) is 0 Å². The van der Waals surface area contributed by atoms with E-state index in [2.05, 4.69) is 0 Å². The van der Waals surface area contributed by atoms with Crippen LogP contribution in [0, 0.1) is 17.2 Å². The zero-order valence-electron chi connectivity index (χ0n) is 7.12. The first kappa shape index (κ1) is 7.86. The SMILES string of the molecule is N=C(N)N1CC[C@H]2COC[C@H]2C1. The van der Waals surface area contributed by atoms with Crippen molar-refractivity contribution in [1.29, 1.82) is 5.41 Å². The number of rotatable bonds is 0. The summed E-state index contributed by atoms with van der Waals surface area (Å²) in [7, 11) is 0. The summed E-state index contributed by atoms with van der Waals surface area (Å²) in [4.78, 5) is 1.94. The lowest BCUT2D eigenvalue weighted by Gasteiger charge is -2.33. The van der Waals surface area contributed by atoms with Gasteiger partial charge in [-0.2, -0.15) is 0 Å². The lowest BCUT2D eigenvalue weighted by molar-refractivity contribution is 0.181. The van der Waals surface area contributed by atoms with Crippen LogP contribution in [0.2, 0.25) is 0 Å². The van der Waals surface area contributed by atoms with Crippen LogP contribution >= 0.6 is 0 Å². The number of fused-ring (bicyclic) bond motifs is 1. The molecule has 2 rings (SSSR count). The normalized spacial score (nSPS) is 34.8. The Hall–Kier alpha value is -0.770. The third kappa shape index (κ3) is 1.27. The maximum absolute atomic E-state index is 7.30. The summed E-state index contributed by atoms with van der Waals surface area (Å²) in [6.07, 6.45) is 1.13. The van der Waals surface area contributed by atoms with E-state index in [1.54, 1.807) is 0 Å². The van der Waals surface area contributed by atoms with Crippen LogP contribution in [0.5, 0.6) is 0 Å². The van der Waals surface area contributed by atoms with Crippen LogP contribution in [-0.4, -0.2) is 37.2 Å². The highest BCUT2D eigenvalue weighted by Crippen LogP contribution is 2.28. The van der Waals surface area contributed by atoms with Crippen molar-refractivity contribution in [2.75, 3.05) is 26.3 Å². The summed E-state index contributed by atoms with van der Waals surface area (Å²) in [5.41, 5.74) is 5.42. The molecule has 0 saturated carbocycles. The molecule has 2 atom stereocenters. The molecule has 0 aromatic carbocycles. The largest absolute Gasteiger partial charge is 0.381 e. The van der Waals surface area contributed by atoms with E-state index in [1.807, 2.05) is 4.90 Å². The maximum Gasteiger partial charge on any atom is 0.188 e. The molecular weight excluding hydrogens is 154 g/mol. The lowest BCUT2D eigenvalue weighted by atomic mass is 9.89. The summed E-state index contributed by atoms with van der Waals surface area (Å²) in [6, 6.07) is 0. The van der Waals surface area contributed by atoms with Gasteiger partial charge in [0.1, 0.15) is 0 Å². The van der Waals surface area contributed by atoms with E-state index < -0.39 is 0 Å². The van der Waals surface area contributed by atoms with Crippen molar-refractivity contribution in [3.05, 3.63) is 0 Å². The highest BCUT2D eigenvalue weighted by molar-refractivity contribution is 5.74. The predicted octanol–water partition coefficient (Wildman–Crippen LogP) is -0.152. The van der Waals surface area contributed by atoms with Gasteiger partial charge in [0, 0.05) is 25.6 Å². The number of hydrogen-bond donors (Lipinski definition) is 2. The van der Waals surface area contributed by atoms with E-state index in [-0.39, 0.29) is 5.96 Å². The summed E-state index contributed by atoms with van der Waals surface area (Å²) in [5.74, 6) is 1.54. The fraction of sp³-hybridized carbons (Fsp3) is 0.875. The molecule has 3 N–H and O–H groups in total. The number of nitrogens with two attached hydrogens (primary N) is 1. The number of likely N-dealkylation sites (tertiary alicyclic amines) is 1. The van der Waals surface area contributed by atoms with E-state index >= 15 is 0 Å². The second-order valence-corrected chi connectivity index (χ2v) is 3.68. The van der Waals surface area contributed by atoms with Gasteiger partial charge in [-0.3, -0.25) is 5.41 Å². The second-order valence-electron chi connectivity index (χ2n) is 3.68. The van der Waals surface area contributed by atoms with Crippen LogP contribution in [0.4, 0.5) is 0 Å². The Morgan fingerprint density at radius 2 is 2.17 bits per heavy atom. The van der Waals surface area contributed by atoms with Gasteiger partial charge in [-0.25, -0.2) is 0 Å². The van der Waals surface area contributed by atoms with E-state index in [0.717, 1.165) is 38.6 Å². The zero-order chi connectivity index (χ0) is 8.55. The molecule has 0 spiro atoms. The summed E-state index contributed by atoms with van der Waals surface area (Å²) < 4.78 is 5.38. The molecule has 68 valence electrons. The lowest BCUT2D eigenvalue weighted by Crippen LogP contribution is -2.46. The van der Waals surface area contributed by atoms with Crippen molar-refractivity contribution < 1.29 is 4.74 Å². The van der Waals surface area contributed by atoms with Gasteiger partial charge in [0.25, 0.3) is 0 Å². The second kappa shape index (κ2) is 2.94. The fourth-order valence-corrected chi connectivity index (χ4v) is 2.08. The number of guanidine groups is 1. The summed E-state index contributed by atoms with van der Waals surface area (Å²) in [5, 5.41) is 7.30. The molecule has 2 heterocycles. The summed E-state index contributed by atoms with van der Waals surface area (Å²) >= 11 is 0. The molecule has 0 amide bonds. The minimum absolute atomic E-state index is 0.209. The van der Waals surface area contributed by atoms with Gasteiger partial charge in [-0.1, -0.05) is 0 Å². The molecule has 2 saturated heterocycles. The molecular formula is C8H15N3O. The van der Waals surface area contributed by atoms with E-state index in [1.165, 1.54) is 0 Å². The van der Waals surface area contributed by atoms with E-state index in [0.29, 0.717) is 5.92 Å². The van der Waals surface area contributed by atoms with Crippen LogP contribution in [-0.2, 0) is 4.74 Å². The van der Waals surface area contributed by atoms with Crippen molar-refractivity contribution in [2.24, 2.45) is 17.6 Å². The minimum atomic E-state index is 0.209. The number of nitrogens with one attached hydrogen (secondary N) is 1. The highest BCUT2D eigenvalue weighted by Gasteiger charge is 2.33. The van der Waals surface area contributed by atoms with Crippen LogP contribution in [0.15, 0.2) is 0 Å². The van der Waals surface area contributed by atoms with Crippen LogP contribution in [0.25, 0.3) is 0 Å². The average molecular weight is 169 g/mol. The molecule has 0 aromatic heterocycles. The first-order valence-corrected chi connectivity index (χ1v) is 4.44. The molecule has 0 bridgehead atoms. The Morgan fingerprint density at radius 3 is 2.92 bits per heavy atom. The predicted molar refractivity (Wildman–Crippen MR) is 45.9 cm³/mol. The van der Waals surface area contributed by atoms with Gasteiger partial charge in [0.05, 0.1) is 6.61 Å². The van der Waals surface area contributed by atoms with Gasteiger partial charge in [0.15, 0.2) is 5.96 Å². The summed E-state index contributed by atoms with van der Waals surface area (Å²) in [6.45, 7) is 3.62. The van der Waals surface area contributed by atoms with Gasteiger partial charge in [-0.15, -0.1) is 0 Å². The smallest absolute Gasteiger partial charge is 0.188 e. The van der Waals surface area contributed by atoms with Crippen LogP contribution in [0.3, 0.4) is 0 Å². The minimum Gasteiger partial charge on any atom is -0.381 e. The number of piperidine rings is 1. The van der Waals surface area contributed by atoms with Gasteiger partial charge in [0.2, 0.25) is 0 Å². The van der Waals surface area contributed by atoms with E-state index in [4.69, 9.17) is 15.9 Å². The molecule has 4 heteroatoms. The number of nitrogens with zero attached hydrogens (tertiary/aromatic N) is 1. The molecule has 0 radical (unpaired) electrons. The third-order valence-electron chi connectivity index (χ3n) is 2.90. The fourth-order valence-electron chi connectivity index (χ4n) is 2.08. The van der Waals surface area contributed by atoms with Crippen molar-refractivity contribution in [1.82, 2.24) is 4.90 Å². The first-order valence-electron chi connectivity index (χ1n) is 4.44. The van der Waals surface area contributed by atoms with Crippen molar-refractivity contribution in [2.45, 2.75) is 6.42 Å². The quantitative estimate of drug-likeness (QED) is 0.391. The molecule has 0 unspecified atom stereocenters. The topological polar surface area (TPSA) is 62.3 Å². The van der Waals surface area contributed by atoms with Crippen LogP contribution in [0.1, 0.15) is 6.42 Å². The molecule has 12 heavy (non-hydrogen) atoms. The zero-order valence-corrected chi connectivity index (χ0v) is 7.12. The third-order valence-corrected chi connectivity index (χ3v) is 2.90.